The fourth-order valence-electron chi connectivity index (χ4n) is 1.92. The molecular weight excluding hydrogens is 264 g/mol. The zero-order valence-corrected chi connectivity index (χ0v) is 12.4. The van der Waals surface area contributed by atoms with E-state index in [1.165, 1.54) is 12.1 Å². The zero-order chi connectivity index (χ0) is 14.5. The molecule has 1 rings (SSSR count). The first kappa shape index (κ1) is 15.9. The predicted molar refractivity (Wildman–Crippen MR) is 75.7 cm³/mol. The molecule has 19 heavy (non-hydrogen) atoms. The van der Waals surface area contributed by atoms with Crippen LogP contribution in [0.25, 0.3) is 0 Å². The van der Waals surface area contributed by atoms with Gasteiger partial charge in [-0.15, -0.1) is 0 Å². The lowest BCUT2D eigenvalue weighted by molar-refractivity contribution is 0.282. The van der Waals surface area contributed by atoms with E-state index in [1.807, 2.05) is 20.8 Å². The van der Waals surface area contributed by atoms with Gasteiger partial charge in [0.2, 0.25) is 10.0 Å². The largest absolute Gasteiger partial charge is 0.507 e. The minimum atomic E-state index is -3.68. The first-order chi connectivity index (χ1) is 8.90. The second-order valence-corrected chi connectivity index (χ2v) is 6.16. The summed E-state index contributed by atoms with van der Waals surface area (Å²) in [5.41, 5.74) is 0. The highest BCUT2D eigenvalue weighted by atomic mass is 32.2. The monoisotopic (exact) mass is 286 g/mol. The second-order valence-electron chi connectivity index (χ2n) is 4.48. The topological polar surface area (TPSA) is 69.6 Å². The lowest BCUT2D eigenvalue weighted by Crippen LogP contribution is -2.41. The molecule has 0 aliphatic carbocycles. The number of phenolic OH excluding ortho intramolecular Hbond substituents is 1. The molecule has 0 heterocycles. The summed E-state index contributed by atoms with van der Waals surface area (Å²) in [5, 5.41) is 9.60. The number of hydrogen-bond acceptors (Lipinski definition) is 4. The van der Waals surface area contributed by atoms with E-state index in [-0.39, 0.29) is 16.7 Å². The third kappa shape index (κ3) is 4.49. The van der Waals surface area contributed by atoms with Gasteiger partial charge in [-0.2, -0.15) is 0 Å². The molecule has 0 aliphatic rings. The molecule has 0 bridgehead atoms. The second kappa shape index (κ2) is 6.88. The number of sulfonamides is 1. The number of nitrogens with one attached hydrogen (secondary N) is 1. The Morgan fingerprint density at radius 1 is 1.26 bits per heavy atom. The van der Waals surface area contributed by atoms with E-state index in [2.05, 4.69) is 9.62 Å². The van der Waals surface area contributed by atoms with E-state index in [0.29, 0.717) is 6.54 Å². The predicted octanol–water partition coefficient (Wildman–Crippen LogP) is 1.40. The molecule has 5 nitrogen and oxygen atoms in total. The zero-order valence-electron chi connectivity index (χ0n) is 11.6. The molecule has 0 aliphatic heterocycles. The van der Waals surface area contributed by atoms with Gasteiger partial charge in [0.05, 0.1) is 0 Å². The summed E-state index contributed by atoms with van der Waals surface area (Å²) >= 11 is 0. The Kier molecular flexibility index (Phi) is 5.78. The van der Waals surface area contributed by atoms with Crippen molar-refractivity contribution in [3.63, 3.8) is 0 Å². The van der Waals surface area contributed by atoms with Crippen molar-refractivity contribution in [2.45, 2.75) is 31.7 Å². The quantitative estimate of drug-likeness (QED) is 0.795. The fourth-order valence-corrected chi connectivity index (χ4v) is 3.25. The van der Waals surface area contributed by atoms with Crippen LogP contribution in [0.5, 0.6) is 5.75 Å². The van der Waals surface area contributed by atoms with Crippen molar-refractivity contribution in [1.29, 1.82) is 0 Å². The van der Waals surface area contributed by atoms with E-state index in [1.54, 1.807) is 12.1 Å². The van der Waals surface area contributed by atoms with Gasteiger partial charge in [0.1, 0.15) is 10.6 Å². The van der Waals surface area contributed by atoms with E-state index >= 15 is 0 Å². The Hall–Kier alpha value is -1.11. The van der Waals surface area contributed by atoms with Crippen molar-refractivity contribution >= 4 is 10.0 Å². The van der Waals surface area contributed by atoms with E-state index in [0.717, 1.165) is 13.1 Å². The lowest BCUT2D eigenvalue weighted by Gasteiger charge is -2.23. The third-order valence-corrected chi connectivity index (χ3v) is 4.57. The highest BCUT2D eigenvalue weighted by molar-refractivity contribution is 7.89. The van der Waals surface area contributed by atoms with Crippen LogP contribution in [-0.2, 0) is 10.0 Å². The van der Waals surface area contributed by atoms with Gasteiger partial charge in [-0.25, -0.2) is 13.1 Å². The lowest BCUT2D eigenvalue weighted by atomic mass is 10.3. The Labute approximate surface area is 115 Å². The van der Waals surface area contributed by atoms with Gasteiger partial charge < -0.3 is 10.0 Å². The minimum Gasteiger partial charge on any atom is -0.507 e. The molecule has 1 unspecified atom stereocenters. The van der Waals surface area contributed by atoms with Crippen LogP contribution in [0.1, 0.15) is 20.8 Å². The number of rotatable bonds is 7. The van der Waals surface area contributed by atoms with Crippen LogP contribution in [0.2, 0.25) is 0 Å². The molecular formula is C13H22N2O3S. The van der Waals surface area contributed by atoms with Crippen molar-refractivity contribution in [2.24, 2.45) is 0 Å². The van der Waals surface area contributed by atoms with Crippen molar-refractivity contribution in [1.82, 2.24) is 9.62 Å². The summed E-state index contributed by atoms with van der Waals surface area (Å²) in [6.07, 6.45) is 0. The third-order valence-electron chi connectivity index (χ3n) is 2.94. The Bertz CT molecular complexity index is 498. The molecule has 108 valence electrons. The number of hydrogen-bond donors (Lipinski definition) is 2. The summed E-state index contributed by atoms with van der Waals surface area (Å²) in [6, 6.07) is 5.71. The first-order valence-corrected chi connectivity index (χ1v) is 7.91. The molecule has 1 aromatic rings. The molecule has 1 atom stereocenters. The Morgan fingerprint density at radius 3 is 2.37 bits per heavy atom. The molecule has 0 spiro atoms. The van der Waals surface area contributed by atoms with Crippen LogP contribution in [0.4, 0.5) is 0 Å². The number of likely N-dealkylation sites (N-methyl/N-ethyl adjacent to an activating group) is 1. The standard InChI is InChI=1S/C13H22N2O3S/c1-4-15(5-2)10-11(3)14-19(17,18)13-9-7-6-8-12(13)16/h6-9,11,14,16H,4-5,10H2,1-3H3. The molecule has 0 saturated carbocycles. The number of benzene rings is 1. The van der Waals surface area contributed by atoms with Gasteiger partial charge in [0, 0.05) is 12.6 Å². The van der Waals surface area contributed by atoms with E-state index in [9.17, 15) is 13.5 Å². The van der Waals surface area contributed by atoms with E-state index in [4.69, 9.17) is 0 Å². The Morgan fingerprint density at radius 2 is 1.84 bits per heavy atom. The van der Waals surface area contributed by atoms with Crippen LogP contribution in [-0.4, -0.2) is 44.1 Å². The number of aromatic hydroxyl groups is 1. The van der Waals surface area contributed by atoms with Crippen molar-refractivity contribution < 1.29 is 13.5 Å². The van der Waals surface area contributed by atoms with Gasteiger partial charge >= 0.3 is 0 Å². The molecule has 0 amide bonds. The molecule has 1 aromatic carbocycles. The Balaban J connectivity index is 2.78. The van der Waals surface area contributed by atoms with Crippen LogP contribution in [0.3, 0.4) is 0 Å². The normalized spacial score (nSPS) is 13.7. The van der Waals surface area contributed by atoms with Crippen molar-refractivity contribution in [3.05, 3.63) is 24.3 Å². The van der Waals surface area contributed by atoms with Gasteiger partial charge in [0.25, 0.3) is 0 Å². The maximum Gasteiger partial charge on any atom is 0.244 e. The molecule has 0 aromatic heterocycles. The van der Waals surface area contributed by atoms with E-state index < -0.39 is 10.0 Å². The number of nitrogens with zero attached hydrogens (tertiary/aromatic N) is 1. The highest BCUT2D eigenvalue weighted by Gasteiger charge is 2.21. The van der Waals surface area contributed by atoms with Crippen molar-refractivity contribution in [3.8, 4) is 5.75 Å². The molecule has 0 saturated heterocycles. The summed E-state index contributed by atoms with van der Waals surface area (Å²) in [5.74, 6) is -0.231. The summed E-state index contributed by atoms with van der Waals surface area (Å²) in [4.78, 5) is 2.05. The maximum absolute atomic E-state index is 12.1. The molecule has 2 N–H and O–H groups in total. The van der Waals surface area contributed by atoms with Crippen LogP contribution in [0, 0.1) is 0 Å². The van der Waals surface area contributed by atoms with Crippen LogP contribution < -0.4 is 4.72 Å². The summed E-state index contributed by atoms with van der Waals surface area (Å²) in [6.45, 7) is 8.27. The number of para-hydroxylation sites is 1. The summed E-state index contributed by atoms with van der Waals surface area (Å²) in [7, 11) is -3.68. The molecule has 0 radical (unpaired) electrons. The van der Waals surface area contributed by atoms with Gasteiger partial charge in [-0.1, -0.05) is 26.0 Å². The number of phenols is 1. The first-order valence-electron chi connectivity index (χ1n) is 6.43. The van der Waals surface area contributed by atoms with Gasteiger partial charge in [0.15, 0.2) is 0 Å². The maximum atomic E-state index is 12.1. The van der Waals surface area contributed by atoms with Gasteiger partial charge in [-0.3, -0.25) is 0 Å². The van der Waals surface area contributed by atoms with Crippen LogP contribution in [0.15, 0.2) is 29.2 Å². The SMILES string of the molecule is CCN(CC)CC(C)NS(=O)(=O)c1ccccc1O. The smallest absolute Gasteiger partial charge is 0.244 e. The average molecular weight is 286 g/mol. The van der Waals surface area contributed by atoms with Crippen molar-refractivity contribution in [2.75, 3.05) is 19.6 Å². The van der Waals surface area contributed by atoms with Crippen LogP contribution >= 0.6 is 0 Å². The van der Waals surface area contributed by atoms with Gasteiger partial charge in [-0.05, 0) is 32.1 Å². The minimum absolute atomic E-state index is 0.0820. The fraction of sp³-hybridized carbons (Fsp3) is 0.538. The summed E-state index contributed by atoms with van der Waals surface area (Å²) < 4.78 is 26.8. The average Bonchev–Trinajstić information content (AvgIpc) is 2.35. The molecule has 0 fully saturated rings. The highest BCUT2D eigenvalue weighted by Crippen LogP contribution is 2.21. The molecule has 6 heteroatoms.